The van der Waals surface area contributed by atoms with Crippen LogP contribution in [-0.4, -0.2) is 19.0 Å². The van der Waals surface area contributed by atoms with Crippen LogP contribution in [0.5, 0.6) is 0 Å². The summed E-state index contributed by atoms with van der Waals surface area (Å²) in [6.07, 6.45) is 0.500. The molecule has 0 rings (SSSR count). The van der Waals surface area contributed by atoms with E-state index < -0.39 is 0 Å². The average molecular weight is 584 g/mol. The van der Waals surface area contributed by atoms with Gasteiger partial charge in [0.15, 0.2) is 0 Å². The molecular formula is C4H6N2O2V2W2-2. The van der Waals surface area contributed by atoms with Crippen LogP contribution in [0, 0.1) is 0 Å². The van der Waals surface area contributed by atoms with Gasteiger partial charge < -0.3 is 15.5 Å². The normalized spacial score (nSPS) is 3.50. The van der Waals surface area contributed by atoms with Crippen molar-refractivity contribution in [2.75, 3.05) is 7.05 Å². The van der Waals surface area contributed by atoms with Gasteiger partial charge in [0.05, 0.1) is 0 Å². The predicted octanol–water partition coefficient (Wildman–Crippen LogP) is 0.418. The Labute approximate surface area is 124 Å². The smallest absolute Gasteiger partial charge is 0.0478 e. The maximum Gasteiger partial charge on any atom is 0.0478 e. The first-order valence-electron chi connectivity index (χ1n) is 1.80. The molecule has 0 aromatic rings. The van der Waals surface area contributed by atoms with Crippen molar-refractivity contribution in [2.45, 2.75) is 6.92 Å². The van der Waals surface area contributed by atoms with E-state index in [9.17, 15) is 4.79 Å². The van der Waals surface area contributed by atoms with Crippen molar-refractivity contribution in [1.29, 1.82) is 0 Å². The summed E-state index contributed by atoms with van der Waals surface area (Å²) in [5.41, 5.74) is 0. The molecule has 0 aliphatic heterocycles. The molecule has 1 amide bonds. The molecule has 0 bridgehead atoms. The van der Waals surface area contributed by atoms with Crippen LogP contribution in [0.15, 0.2) is 0 Å². The number of hydrogen-bond donors (Lipinski definition) is 0. The van der Waals surface area contributed by atoms with Crippen molar-refractivity contribution in [3.05, 3.63) is 10.7 Å². The number of carbonyl (C=O) groups is 1. The van der Waals surface area contributed by atoms with E-state index in [1.54, 1.807) is 0 Å². The Kier molecular flexibility index (Phi) is 123. The van der Waals surface area contributed by atoms with E-state index in [1.165, 1.54) is 14.0 Å². The summed E-state index contributed by atoms with van der Waals surface area (Å²) in [6.45, 7) is 1.42. The zero-order valence-corrected chi connectivity index (χ0v) is 15.1. The molecule has 0 aliphatic rings. The third kappa shape index (κ3) is 107. The van der Waals surface area contributed by atoms with E-state index >= 15 is 0 Å². The SMILES string of the molecule is C[N-]C(C)=O.[N-]=C=O.[V].[V].[W].[W]. The fourth-order valence-electron chi connectivity index (χ4n) is 0. The summed E-state index contributed by atoms with van der Waals surface area (Å²) in [5.74, 6) is -0.120. The van der Waals surface area contributed by atoms with Gasteiger partial charge in [0, 0.05) is 85.1 Å². The molecular weight excluding hydrogens is 578 g/mol. The van der Waals surface area contributed by atoms with Crippen LogP contribution in [0.25, 0.3) is 10.7 Å². The van der Waals surface area contributed by atoms with Gasteiger partial charge in [-0.05, 0) is 13.0 Å². The Balaban J connectivity index is -0.0000000119. The Morgan fingerprint density at radius 3 is 1.42 bits per heavy atom. The molecule has 0 heterocycles. The molecule has 8 heteroatoms. The van der Waals surface area contributed by atoms with E-state index in [0.717, 1.165) is 0 Å². The molecule has 0 aliphatic carbocycles. The van der Waals surface area contributed by atoms with Crippen LogP contribution in [-0.2, 0) is 88.8 Å². The largest absolute Gasteiger partial charge is 0.724 e. The standard InChI is InChI=1S/C3H7NO.CNO.2V.2W/c1-3(5)4-2;2-1-3;;;;/h1-2H3,(H,4,5);;;;;/q;-1;;;;/p-1. The van der Waals surface area contributed by atoms with E-state index in [0.29, 0.717) is 6.08 Å². The molecule has 0 spiro atoms. The van der Waals surface area contributed by atoms with Gasteiger partial charge in [0.1, 0.15) is 0 Å². The van der Waals surface area contributed by atoms with Crippen molar-refractivity contribution < 1.29 is 88.8 Å². The molecule has 0 fully saturated rings. The number of nitrogens with zero attached hydrogens (tertiary/aromatic N) is 2. The van der Waals surface area contributed by atoms with Gasteiger partial charge in [-0.2, -0.15) is 0 Å². The zero-order valence-electron chi connectivity index (χ0n) is 6.42. The summed E-state index contributed by atoms with van der Waals surface area (Å²) < 4.78 is 0. The molecule has 0 atom stereocenters. The van der Waals surface area contributed by atoms with Crippen LogP contribution < -0.4 is 0 Å². The van der Waals surface area contributed by atoms with E-state index in [2.05, 4.69) is 5.32 Å². The fraction of sp³-hybridized carbons (Fsp3) is 0.500. The van der Waals surface area contributed by atoms with Gasteiger partial charge in [-0.3, -0.25) is 4.79 Å². The van der Waals surface area contributed by atoms with E-state index in [1.807, 2.05) is 0 Å². The molecule has 12 heavy (non-hydrogen) atoms. The first kappa shape index (κ1) is 37.6. The summed E-state index contributed by atoms with van der Waals surface area (Å²) in [7, 11) is 1.47. The summed E-state index contributed by atoms with van der Waals surface area (Å²) in [5, 5.41) is 10.0. The maximum atomic E-state index is 9.65. The number of amides is 1. The maximum absolute atomic E-state index is 9.65. The van der Waals surface area contributed by atoms with Gasteiger partial charge in [-0.1, -0.05) is 0 Å². The molecule has 0 saturated heterocycles. The number of carbonyl (C=O) groups excluding carboxylic acids is 2. The number of isocyanates is 1. The zero-order chi connectivity index (χ0) is 6.99. The molecule has 0 N–H and O–H groups in total. The first-order valence-corrected chi connectivity index (χ1v) is 1.80. The fourth-order valence-corrected chi connectivity index (χ4v) is 0. The molecule has 0 aromatic carbocycles. The minimum Gasteiger partial charge on any atom is -0.724 e. The molecule has 2 radical (unpaired) electrons. The van der Waals surface area contributed by atoms with Crippen molar-refractivity contribution in [2.24, 2.45) is 0 Å². The van der Waals surface area contributed by atoms with Crippen molar-refractivity contribution in [3.8, 4) is 0 Å². The molecule has 0 saturated carbocycles. The molecule has 4 nitrogen and oxygen atoms in total. The Hall–Kier alpha value is 1.40. The van der Waals surface area contributed by atoms with Crippen LogP contribution in [0.4, 0.5) is 0 Å². The van der Waals surface area contributed by atoms with E-state index in [-0.39, 0.29) is 85.1 Å². The Morgan fingerprint density at radius 2 is 1.42 bits per heavy atom. The van der Waals surface area contributed by atoms with Crippen molar-refractivity contribution >= 4 is 12.0 Å². The minimum absolute atomic E-state index is 0. The number of rotatable bonds is 0. The topological polar surface area (TPSA) is 70.5 Å². The van der Waals surface area contributed by atoms with Gasteiger partial charge in [-0.15, -0.1) is 7.05 Å². The Bertz CT molecular complexity index is 109. The van der Waals surface area contributed by atoms with Crippen molar-refractivity contribution in [3.63, 3.8) is 0 Å². The predicted molar refractivity (Wildman–Crippen MR) is 29.0 cm³/mol. The third-order valence-corrected chi connectivity index (χ3v) is 0.315. The second-order valence-corrected chi connectivity index (χ2v) is 0.834. The van der Waals surface area contributed by atoms with E-state index in [4.69, 9.17) is 10.2 Å². The third-order valence-electron chi connectivity index (χ3n) is 0.315. The second kappa shape index (κ2) is 39.4. The average Bonchev–Trinajstić information content (AvgIpc) is 1.69. The van der Waals surface area contributed by atoms with Crippen LogP contribution in [0.3, 0.4) is 0 Å². The minimum atomic E-state index is -0.120. The van der Waals surface area contributed by atoms with Gasteiger partial charge >= 0.3 is 0 Å². The first-order chi connectivity index (χ1) is 3.68. The molecule has 68 valence electrons. The summed E-state index contributed by atoms with van der Waals surface area (Å²) in [6, 6.07) is 0. The van der Waals surface area contributed by atoms with Gasteiger partial charge in [-0.25, -0.2) is 0 Å². The van der Waals surface area contributed by atoms with Crippen LogP contribution in [0.2, 0.25) is 0 Å². The van der Waals surface area contributed by atoms with Crippen LogP contribution in [0.1, 0.15) is 6.92 Å². The molecule has 0 aromatic heterocycles. The second-order valence-electron chi connectivity index (χ2n) is 0.834. The Morgan fingerprint density at radius 1 is 1.33 bits per heavy atom. The summed E-state index contributed by atoms with van der Waals surface area (Å²) >= 11 is 0. The van der Waals surface area contributed by atoms with Gasteiger partial charge in [0.2, 0.25) is 0 Å². The quantitative estimate of drug-likeness (QED) is 0.307. The van der Waals surface area contributed by atoms with Crippen molar-refractivity contribution in [1.82, 2.24) is 0 Å². The number of hydrogen-bond acceptors (Lipinski definition) is 2. The molecule has 0 unspecified atom stereocenters. The summed E-state index contributed by atoms with van der Waals surface area (Å²) in [4.78, 5) is 17.9. The van der Waals surface area contributed by atoms with Gasteiger partial charge in [0.25, 0.3) is 0 Å². The monoisotopic (exact) mass is 584 g/mol. The van der Waals surface area contributed by atoms with Crippen LogP contribution >= 0.6 is 0 Å².